The molecule has 1 amide bonds. The molecule has 3 aromatic rings. The lowest BCUT2D eigenvalue weighted by Gasteiger charge is -2.14. The Balaban J connectivity index is 1.79. The van der Waals surface area contributed by atoms with Crippen LogP contribution in [0.3, 0.4) is 0 Å². The molecule has 3 aromatic carbocycles. The third kappa shape index (κ3) is 6.73. The highest BCUT2D eigenvalue weighted by atomic mass is 127. The zero-order valence-electron chi connectivity index (χ0n) is 17.9. The summed E-state index contributed by atoms with van der Waals surface area (Å²) in [5, 5.41) is 12.3. The van der Waals surface area contributed by atoms with Crippen LogP contribution < -0.4 is 19.5 Å². The van der Waals surface area contributed by atoms with Gasteiger partial charge in [0.15, 0.2) is 11.5 Å². The molecule has 0 saturated heterocycles. The second-order valence-corrected chi connectivity index (χ2v) is 8.88. The number of nitrogens with one attached hydrogen (secondary N) is 1. The number of rotatable bonds is 8. The van der Waals surface area contributed by atoms with Crippen LogP contribution in [0.25, 0.3) is 6.08 Å². The summed E-state index contributed by atoms with van der Waals surface area (Å²) in [4.78, 5) is 12.6. The first-order valence-corrected chi connectivity index (χ1v) is 11.6. The molecule has 0 saturated carbocycles. The van der Waals surface area contributed by atoms with Crippen LogP contribution in [0.15, 0.2) is 70.7 Å². The molecule has 0 aromatic heterocycles. The Hall–Kier alpha value is -3.03. The molecule has 0 radical (unpaired) electrons. The van der Waals surface area contributed by atoms with Gasteiger partial charge in [0.1, 0.15) is 24.0 Å². The van der Waals surface area contributed by atoms with E-state index in [-0.39, 0.29) is 5.57 Å². The van der Waals surface area contributed by atoms with Crippen LogP contribution in [0.4, 0.5) is 5.69 Å². The molecular weight excluding hydrogens is 599 g/mol. The summed E-state index contributed by atoms with van der Waals surface area (Å²) in [6, 6.07) is 20.2. The molecule has 0 aliphatic heterocycles. The van der Waals surface area contributed by atoms with Crippen LogP contribution >= 0.6 is 38.5 Å². The van der Waals surface area contributed by atoms with E-state index in [0.29, 0.717) is 35.1 Å². The topological polar surface area (TPSA) is 80.6 Å². The zero-order chi connectivity index (χ0) is 23.8. The maximum absolute atomic E-state index is 12.6. The average Bonchev–Trinajstić information content (AvgIpc) is 2.83. The van der Waals surface area contributed by atoms with Gasteiger partial charge in [-0.15, -0.1) is 0 Å². The van der Waals surface area contributed by atoms with Gasteiger partial charge in [0.2, 0.25) is 0 Å². The summed E-state index contributed by atoms with van der Waals surface area (Å²) in [5.74, 6) is 1.28. The van der Waals surface area contributed by atoms with Gasteiger partial charge in [0.05, 0.1) is 17.8 Å². The fourth-order valence-electron chi connectivity index (χ4n) is 2.89. The standard InChI is InChI=1S/C25H20BrIN2O4/c1-31-21-9-7-20(8-10-21)29-25(30)18(14-28)11-17-12-22(27)24(23(13-17)32-2)33-15-16-3-5-19(26)6-4-16/h3-13H,15H2,1-2H3,(H,29,30)/b18-11-. The molecule has 0 unspecified atom stereocenters. The van der Waals surface area contributed by atoms with Crippen LogP contribution in [0.5, 0.6) is 17.2 Å². The first kappa shape index (κ1) is 24.6. The number of nitriles is 1. The van der Waals surface area contributed by atoms with Gasteiger partial charge in [-0.1, -0.05) is 28.1 Å². The van der Waals surface area contributed by atoms with Gasteiger partial charge in [0.25, 0.3) is 5.91 Å². The minimum Gasteiger partial charge on any atom is -0.497 e. The van der Waals surface area contributed by atoms with Gasteiger partial charge in [-0.3, -0.25) is 4.79 Å². The monoisotopic (exact) mass is 618 g/mol. The van der Waals surface area contributed by atoms with Crippen molar-refractivity contribution in [1.82, 2.24) is 0 Å². The van der Waals surface area contributed by atoms with Crippen molar-refractivity contribution < 1.29 is 19.0 Å². The van der Waals surface area contributed by atoms with E-state index in [1.807, 2.05) is 36.4 Å². The second kappa shape index (κ2) is 11.7. The van der Waals surface area contributed by atoms with Gasteiger partial charge < -0.3 is 19.5 Å². The third-order valence-corrected chi connectivity index (χ3v) is 5.90. The molecule has 1 N–H and O–H groups in total. The van der Waals surface area contributed by atoms with Crippen molar-refractivity contribution in [1.29, 1.82) is 5.26 Å². The van der Waals surface area contributed by atoms with Crippen molar-refractivity contribution in [2.75, 3.05) is 19.5 Å². The Morgan fingerprint density at radius 2 is 1.79 bits per heavy atom. The molecule has 3 rings (SSSR count). The Morgan fingerprint density at radius 1 is 1.09 bits per heavy atom. The van der Waals surface area contributed by atoms with Crippen LogP contribution in [0, 0.1) is 14.9 Å². The summed E-state index contributed by atoms with van der Waals surface area (Å²) in [6.45, 7) is 0.378. The zero-order valence-corrected chi connectivity index (χ0v) is 21.6. The minimum absolute atomic E-state index is 0.0350. The number of benzene rings is 3. The van der Waals surface area contributed by atoms with Crippen molar-refractivity contribution in [3.63, 3.8) is 0 Å². The van der Waals surface area contributed by atoms with Crippen LogP contribution in [0.1, 0.15) is 11.1 Å². The third-order valence-electron chi connectivity index (χ3n) is 4.57. The molecule has 0 aliphatic carbocycles. The maximum Gasteiger partial charge on any atom is 0.266 e. The van der Waals surface area contributed by atoms with Gasteiger partial charge in [-0.05, 0) is 88.3 Å². The van der Waals surface area contributed by atoms with Crippen molar-refractivity contribution in [2.24, 2.45) is 0 Å². The molecule has 8 heteroatoms. The summed E-state index contributed by atoms with van der Waals surface area (Å²) in [7, 11) is 3.11. The van der Waals surface area contributed by atoms with Crippen LogP contribution in [0.2, 0.25) is 0 Å². The highest BCUT2D eigenvalue weighted by Crippen LogP contribution is 2.35. The predicted molar refractivity (Wildman–Crippen MR) is 139 cm³/mol. The van der Waals surface area contributed by atoms with Crippen LogP contribution in [-0.2, 0) is 11.4 Å². The van der Waals surface area contributed by atoms with E-state index in [4.69, 9.17) is 14.2 Å². The first-order chi connectivity index (χ1) is 15.9. The molecule has 33 heavy (non-hydrogen) atoms. The van der Waals surface area contributed by atoms with Crippen molar-refractivity contribution in [2.45, 2.75) is 6.61 Å². The molecule has 0 heterocycles. The SMILES string of the molecule is COc1ccc(NC(=O)/C(C#N)=C\c2cc(I)c(OCc3ccc(Br)cc3)c(OC)c2)cc1. The second-order valence-electron chi connectivity index (χ2n) is 6.80. The van der Waals surface area contributed by atoms with E-state index in [1.165, 1.54) is 6.08 Å². The lowest BCUT2D eigenvalue weighted by molar-refractivity contribution is -0.112. The Kier molecular flexibility index (Phi) is 8.74. The number of methoxy groups -OCH3 is 2. The van der Waals surface area contributed by atoms with E-state index < -0.39 is 5.91 Å². The molecule has 0 fully saturated rings. The number of amides is 1. The number of nitrogens with zero attached hydrogens (tertiary/aromatic N) is 1. The van der Waals surface area contributed by atoms with Crippen molar-refractivity contribution in [3.8, 4) is 23.3 Å². The maximum atomic E-state index is 12.6. The lowest BCUT2D eigenvalue weighted by atomic mass is 10.1. The Morgan fingerprint density at radius 3 is 2.39 bits per heavy atom. The summed E-state index contributed by atoms with van der Waals surface area (Å²) < 4.78 is 18.4. The number of hydrogen-bond acceptors (Lipinski definition) is 5. The number of halogens is 2. The molecule has 0 aliphatic rings. The van der Waals surface area contributed by atoms with Crippen molar-refractivity contribution in [3.05, 3.63) is 85.4 Å². The van der Waals surface area contributed by atoms with Gasteiger partial charge in [-0.2, -0.15) is 5.26 Å². The van der Waals surface area contributed by atoms with E-state index in [1.54, 1.807) is 44.6 Å². The molecule has 168 valence electrons. The smallest absolute Gasteiger partial charge is 0.266 e. The fourth-order valence-corrected chi connectivity index (χ4v) is 3.93. The fraction of sp³-hybridized carbons (Fsp3) is 0.120. The van der Waals surface area contributed by atoms with E-state index in [0.717, 1.165) is 13.6 Å². The average molecular weight is 619 g/mol. The molecule has 0 atom stereocenters. The highest BCUT2D eigenvalue weighted by Gasteiger charge is 2.14. The quantitative estimate of drug-likeness (QED) is 0.185. The molecular formula is C25H20BrIN2O4. The van der Waals surface area contributed by atoms with E-state index >= 15 is 0 Å². The molecule has 0 spiro atoms. The summed E-state index contributed by atoms with van der Waals surface area (Å²) in [5.41, 5.74) is 2.19. The van der Waals surface area contributed by atoms with Gasteiger partial charge >= 0.3 is 0 Å². The summed E-state index contributed by atoms with van der Waals surface area (Å²) in [6.07, 6.45) is 1.52. The predicted octanol–water partition coefficient (Wildman–Crippen LogP) is 6.20. The largest absolute Gasteiger partial charge is 0.497 e. The van der Waals surface area contributed by atoms with Gasteiger partial charge in [0, 0.05) is 10.2 Å². The Bertz CT molecular complexity index is 1200. The molecule has 0 bridgehead atoms. The number of ether oxygens (including phenoxy) is 3. The number of carbonyl (C=O) groups excluding carboxylic acids is 1. The lowest BCUT2D eigenvalue weighted by Crippen LogP contribution is -2.13. The normalized spacial score (nSPS) is 10.8. The minimum atomic E-state index is -0.507. The van der Waals surface area contributed by atoms with E-state index in [2.05, 4.69) is 43.8 Å². The number of anilines is 1. The highest BCUT2D eigenvalue weighted by molar-refractivity contribution is 14.1. The summed E-state index contributed by atoms with van der Waals surface area (Å²) >= 11 is 5.57. The van der Waals surface area contributed by atoms with Crippen molar-refractivity contribution >= 4 is 56.2 Å². The number of carbonyl (C=O) groups is 1. The van der Waals surface area contributed by atoms with E-state index in [9.17, 15) is 10.1 Å². The first-order valence-electron chi connectivity index (χ1n) is 9.75. The Labute approximate surface area is 214 Å². The van der Waals surface area contributed by atoms with Gasteiger partial charge in [-0.25, -0.2) is 0 Å². The van der Waals surface area contributed by atoms with Crippen LogP contribution in [-0.4, -0.2) is 20.1 Å². The molecule has 6 nitrogen and oxygen atoms in total. The number of hydrogen-bond donors (Lipinski definition) is 1.